The number of aryl methyl sites for hydroxylation is 1. The molecule has 0 heterocycles. The fourth-order valence-corrected chi connectivity index (χ4v) is 1.97. The molecule has 0 fully saturated rings. The maximum absolute atomic E-state index is 9.13. The molecule has 0 aromatic heterocycles. The Bertz CT molecular complexity index is 647. The van der Waals surface area contributed by atoms with Crippen LogP contribution >= 0.6 is 23.2 Å². The lowest BCUT2D eigenvalue weighted by atomic mass is 10.1. The molecule has 0 bridgehead atoms. The zero-order valence-corrected chi connectivity index (χ0v) is 11.8. The van der Waals surface area contributed by atoms with Crippen LogP contribution in [0.2, 0.25) is 5.02 Å². The number of benzene rings is 2. The van der Waals surface area contributed by atoms with Crippen molar-refractivity contribution in [2.75, 3.05) is 0 Å². The van der Waals surface area contributed by atoms with E-state index in [0.29, 0.717) is 28.0 Å². The van der Waals surface area contributed by atoms with Gasteiger partial charge in [-0.1, -0.05) is 23.7 Å². The minimum absolute atomic E-state index is 0.361. The molecule has 0 atom stereocenters. The molecule has 0 amide bonds. The fraction of sp³-hybridized carbons (Fsp3) is 0.133. The molecule has 2 rings (SSSR count). The summed E-state index contributed by atoms with van der Waals surface area (Å²) in [6.07, 6.45) is 0. The summed E-state index contributed by atoms with van der Waals surface area (Å²) in [5.41, 5.74) is 2.35. The Labute approximate surface area is 122 Å². The summed E-state index contributed by atoms with van der Waals surface area (Å²) in [7, 11) is 0. The monoisotopic (exact) mass is 291 g/mol. The molecular weight excluding hydrogens is 281 g/mol. The topological polar surface area (TPSA) is 33.0 Å². The van der Waals surface area contributed by atoms with Crippen molar-refractivity contribution in [3.63, 3.8) is 0 Å². The van der Waals surface area contributed by atoms with Crippen LogP contribution in [-0.4, -0.2) is 0 Å². The number of alkyl halides is 1. The Morgan fingerprint density at radius 2 is 1.95 bits per heavy atom. The predicted molar refractivity (Wildman–Crippen MR) is 77.0 cm³/mol. The van der Waals surface area contributed by atoms with Crippen molar-refractivity contribution in [2.45, 2.75) is 12.8 Å². The molecule has 4 heteroatoms. The van der Waals surface area contributed by atoms with Gasteiger partial charge in [-0.15, -0.1) is 11.6 Å². The first-order chi connectivity index (χ1) is 9.13. The number of nitrogens with zero attached hydrogens (tertiary/aromatic N) is 1. The van der Waals surface area contributed by atoms with Gasteiger partial charge in [-0.05, 0) is 42.3 Å². The van der Waals surface area contributed by atoms with Gasteiger partial charge in [-0.25, -0.2) is 0 Å². The Morgan fingerprint density at radius 1 is 1.16 bits per heavy atom. The number of hydrogen-bond acceptors (Lipinski definition) is 2. The highest BCUT2D eigenvalue weighted by atomic mass is 35.5. The van der Waals surface area contributed by atoms with E-state index in [9.17, 15) is 0 Å². The second kappa shape index (κ2) is 5.97. The highest BCUT2D eigenvalue weighted by Crippen LogP contribution is 2.32. The first-order valence-corrected chi connectivity index (χ1v) is 6.58. The molecule has 0 spiro atoms. The first-order valence-electron chi connectivity index (χ1n) is 5.67. The van der Waals surface area contributed by atoms with Gasteiger partial charge in [0, 0.05) is 5.88 Å². The average molecular weight is 292 g/mol. The van der Waals surface area contributed by atoms with Gasteiger partial charge in [0.05, 0.1) is 10.6 Å². The van der Waals surface area contributed by atoms with Gasteiger partial charge in [-0.2, -0.15) is 5.26 Å². The van der Waals surface area contributed by atoms with E-state index in [2.05, 4.69) is 6.07 Å². The van der Waals surface area contributed by atoms with Crippen LogP contribution in [0.1, 0.15) is 16.7 Å². The van der Waals surface area contributed by atoms with Crippen molar-refractivity contribution in [1.82, 2.24) is 0 Å². The molecule has 0 aliphatic carbocycles. The van der Waals surface area contributed by atoms with Gasteiger partial charge in [0.1, 0.15) is 17.6 Å². The van der Waals surface area contributed by atoms with Crippen molar-refractivity contribution in [3.05, 3.63) is 58.1 Å². The van der Waals surface area contributed by atoms with Gasteiger partial charge in [0.15, 0.2) is 0 Å². The summed E-state index contributed by atoms with van der Waals surface area (Å²) in [5.74, 6) is 1.38. The zero-order chi connectivity index (χ0) is 13.8. The van der Waals surface area contributed by atoms with E-state index < -0.39 is 0 Å². The van der Waals surface area contributed by atoms with Crippen molar-refractivity contribution < 1.29 is 4.74 Å². The van der Waals surface area contributed by atoms with Crippen molar-refractivity contribution in [1.29, 1.82) is 5.26 Å². The number of ether oxygens (including phenoxy) is 1. The predicted octanol–water partition coefficient (Wildman–Crippen LogP) is 5.05. The molecule has 2 aromatic rings. The van der Waals surface area contributed by atoms with Crippen molar-refractivity contribution in [2.24, 2.45) is 0 Å². The molecule has 0 saturated carbocycles. The summed E-state index contributed by atoms with van der Waals surface area (Å²) >= 11 is 11.8. The Hall–Kier alpha value is -1.69. The zero-order valence-electron chi connectivity index (χ0n) is 10.3. The van der Waals surface area contributed by atoms with E-state index >= 15 is 0 Å². The second-order valence-electron chi connectivity index (χ2n) is 4.11. The highest BCUT2D eigenvalue weighted by Gasteiger charge is 2.08. The van der Waals surface area contributed by atoms with Gasteiger partial charge in [0.25, 0.3) is 0 Å². The Balaban J connectivity index is 2.38. The minimum atomic E-state index is 0.361. The number of rotatable bonds is 3. The molecule has 0 saturated heterocycles. The largest absolute Gasteiger partial charge is 0.454 e. The molecule has 19 heavy (non-hydrogen) atoms. The maximum atomic E-state index is 9.13. The van der Waals surface area contributed by atoms with Crippen molar-refractivity contribution in [3.8, 4) is 17.6 Å². The Morgan fingerprint density at radius 3 is 2.63 bits per heavy atom. The average Bonchev–Trinajstić information content (AvgIpc) is 2.43. The van der Waals surface area contributed by atoms with E-state index in [-0.39, 0.29) is 0 Å². The summed E-state index contributed by atoms with van der Waals surface area (Å²) in [4.78, 5) is 0. The van der Waals surface area contributed by atoms with E-state index in [1.165, 1.54) is 0 Å². The lowest BCUT2D eigenvalue weighted by Crippen LogP contribution is -1.91. The fourth-order valence-electron chi connectivity index (χ4n) is 1.64. The third-order valence-electron chi connectivity index (χ3n) is 2.63. The molecule has 2 aromatic carbocycles. The smallest absolute Gasteiger partial charge is 0.146 e. The molecule has 0 radical (unpaired) electrons. The third-order valence-corrected chi connectivity index (χ3v) is 3.25. The SMILES string of the molecule is Cc1ccc(Cl)c(Oc2ccc(CCl)cc2C#N)c1. The van der Waals surface area contributed by atoms with E-state index in [0.717, 1.165) is 11.1 Å². The van der Waals surface area contributed by atoms with E-state index in [1.807, 2.05) is 25.1 Å². The quantitative estimate of drug-likeness (QED) is 0.741. The van der Waals surface area contributed by atoms with Crippen LogP contribution in [0.5, 0.6) is 11.5 Å². The summed E-state index contributed by atoms with van der Waals surface area (Å²) in [5, 5.41) is 9.64. The summed E-state index contributed by atoms with van der Waals surface area (Å²) in [6, 6.07) is 12.9. The number of hydrogen-bond donors (Lipinski definition) is 0. The van der Waals surface area contributed by atoms with E-state index in [4.69, 9.17) is 33.2 Å². The van der Waals surface area contributed by atoms with Crippen LogP contribution in [0.4, 0.5) is 0 Å². The molecular formula is C15H11Cl2NO. The van der Waals surface area contributed by atoms with Crippen LogP contribution in [0, 0.1) is 18.3 Å². The third kappa shape index (κ3) is 3.20. The van der Waals surface area contributed by atoms with Crippen LogP contribution < -0.4 is 4.74 Å². The van der Waals surface area contributed by atoms with Crippen LogP contribution in [0.3, 0.4) is 0 Å². The highest BCUT2D eigenvalue weighted by molar-refractivity contribution is 6.32. The second-order valence-corrected chi connectivity index (χ2v) is 4.79. The molecule has 0 aliphatic heterocycles. The summed E-state index contributed by atoms with van der Waals surface area (Å²) < 4.78 is 5.71. The molecule has 0 unspecified atom stereocenters. The van der Waals surface area contributed by atoms with Crippen molar-refractivity contribution >= 4 is 23.2 Å². The lowest BCUT2D eigenvalue weighted by Gasteiger charge is -2.10. The number of nitriles is 1. The minimum Gasteiger partial charge on any atom is -0.454 e. The first kappa shape index (κ1) is 13.7. The maximum Gasteiger partial charge on any atom is 0.146 e. The standard InChI is InChI=1S/C15H11Cl2NO/c1-10-2-4-13(17)15(6-10)19-14-5-3-11(8-16)7-12(14)9-18/h2-7H,8H2,1H3. The number of halogens is 2. The van der Waals surface area contributed by atoms with Crippen LogP contribution in [0.15, 0.2) is 36.4 Å². The lowest BCUT2D eigenvalue weighted by molar-refractivity contribution is 0.481. The van der Waals surface area contributed by atoms with Crippen LogP contribution in [0.25, 0.3) is 0 Å². The van der Waals surface area contributed by atoms with Gasteiger partial charge >= 0.3 is 0 Å². The molecule has 96 valence electrons. The van der Waals surface area contributed by atoms with Crippen LogP contribution in [-0.2, 0) is 5.88 Å². The normalized spacial score (nSPS) is 10.0. The summed E-state index contributed by atoms with van der Waals surface area (Å²) in [6.45, 7) is 1.95. The molecule has 0 aliphatic rings. The van der Waals surface area contributed by atoms with E-state index in [1.54, 1.807) is 18.2 Å². The molecule has 2 nitrogen and oxygen atoms in total. The van der Waals surface area contributed by atoms with Gasteiger partial charge in [-0.3, -0.25) is 0 Å². The Kier molecular flexibility index (Phi) is 4.31. The van der Waals surface area contributed by atoms with Gasteiger partial charge < -0.3 is 4.74 Å². The molecule has 0 N–H and O–H groups in total. The van der Waals surface area contributed by atoms with Gasteiger partial charge in [0.2, 0.25) is 0 Å².